The molecule has 0 saturated heterocycles. The molecule has 0 aliphatic carbocycles. The number of amides is 2. The first-order valence-corrected chi connectivity index (χ1v) is 4.18. The second kappa shape index (κ2) is 10.7. The van der Waals surface area contributed by atoms with E-state index in [9.17, 15) is 9.59 Å². The van der Waals surface area contributed by atoms with Gasteiger partial charge in [-0.15, -0.1) is 6.58 Å². The van der Waals surface area contributed by atoms with Gasteiger partial charge in [0.05, 0.1) is 0 Å². The molecule has 76 valence electrons. The van der Waals surface area contributed by atoms with Crippen LogP contribution < -0.4 is 11.5 Å². The molecule has 0 spiro atoms. The normalized spacial score (nSPS) is 8.08. The van der Waals surface area contributed by atoms with E-state index in [0.29, 0.717) is 25.7 Å². The first-order chi connectivity index (χ1) is 6.04. The van der Waals surface area contributed by atoms with E-state index in [1.807, 2.05) is 6.92 Å². The van der Waals surface area contributed by atoms with Gasteiger partial charge in [0, 0.05) is 12.8 Å². The van der Waals surface area contributed by atoms with Crippen molar-refractivity contribution in [1.29, 1.82) is 0 Å². The molecule has 2 amide bonds. The van der Waals surface area contributed by atoms with Gasteiger partial charge in [-0.3, -0.25) is 9.59 Å². The summed E-state index contributed by atoms with van der Waals surface area (Å²) < 4.78 is 0. The SMILES string of the molecule is C=CC.NC(=O)CCCCC(N)=O. The van der Waals surface area contributed by atoms with Crippen LogP contribution >= 0.6 is 0 Å². The first kappa shape index (κ1) is 14.2. The van der Waals surface area contributed by atoms with E-state index >= 15 is 0 Å². The molecular weight excluding hydrogens is 168 g/mol. The van der Waals surface area contributed by atoms with Crippen LogP contribution in [0, 0.1) is 0 Å². The molecule has 0 fully saturated rings. The van der Waals surface area contributed by atoms with Crippen molar-refractivity contribution in [3.05, 3.63) is 12.7 Å². The molecule has 0 aromatic heterocycles. The lowest BCUT2D eigenvalue weighted by atomic mass is 10.2. The van der Waals surface area contributed by atoms with E-state index in [1.54, 1.807) is 6.08 Å². The zero-order chi connectivity index (χ0) is 10.7. The van der Waals surface area contributed by atoms with Crippen LogP contribution in [-0.4, -0.2) is 11.8 Å². The largest absolute Gasteiger partial charge is 0.370 e. The quantitative estimate of drug-likeness (QED) is 0.489. The van der Waals surface area contributed by atoms with Crippen LogP contribution in [0.15, 0.2) is 12.7 Å². The summed E-state index contributed by atoms with van der Waals surface area (Å²) in [5, 5.41) is 0. The van der Waals surface area contributed by atoms with Crippen molar-refractivity contribution < 1.29 is 9.59 Å². The average Bonchev–Trinajstić information content (AvgIpc) is 1.99. The van der Waals surface area contributed by atoms with Gasteiger partial charge in [0.2, 0.25) is 11.8 Å². The fraction of sp³-hybridized carbons (Fsp3) is 0.556. The Morgan fingerprint density at radius 3 is 1.54 bits per heavy atom. The van der Waals surface area contributed by atoms with Gasteiger partial charge < -0.3 is 11.5 Å². The predicted octanol–water partition coefficient (Wildman–Crippen LogP) is 0.710. The fourth-order valence-corrected chi connectivity index (χ4v) is 0.598. The van der Waals surface area contributed by atoms with Crippen molar-refractivity contribution >= 4 is 11.8 Å². The molecule has 4 nitrogen and oxygen atoms in total. The van der Waals surface area contributed by atoms with Crippen LogP contribution in [0.3, 0.4) is 0 Å². The predicted molar refractivity (Wildman–Crippen MR) is 52.7 cm³/mol. The van der Waals surface area contributed by atoms with E-state index in [0.717, 1.165) is 0 Å². The third kappa shape index (κ3) is 24.9. The Labute approximate surface area is 79.0 Å². The van der Waals surface area contributed by atoms with Crippen LogP contribution in [0.5, 0.6) is 0 Å². The van der Waals surface area contributed by atoms with Gasteiger partial charge in [-0.1, -0.05) is 6.08 Å². The number of hydrogen-bond acceptors (Lipinski definition) is 2. The van der Waals surface area contributed by atoms with Gasteiger partial charge >= 0.3 is 0 Å². The summed E-state index contributed by atoms with van der Waals surface area (Å²) in [6.45, 7) is 5.25. The summed E-state index contributed by atoms with van der Waals surface area (Å²) in [7, 11) is 0. The number of hydrogen-bond donors (Lipinski definition) is 2. The van der Waals surface area contributed by atoms with Crippen molar-refractivity contribution in [3.8, 4) is 0 Å². The molecule has 0 heterocycles. The lowest BCUT2D eigenvalue weighted by molar-refractivity contribution is -0.119. The highest BCUT2D eigenvalue weighted by Gasteiger charge is 1.96. The van der Waals surface area contributed by atoms with Crippen molar-refractivity contribution in [2.75, 3.05) is 0 Å². The van der Waals surface area contributed by atoms with Crippen molar-refractivity contribution in [1.82, 2.24) is 0 Å². The molecule has 13 heavy (non-hydrogen) atoms. The Hall–Kier alpha value is -1.32. The molecule has 0 aromatic rings. The van der Waals surface area contributed by atoms with Crippen molar-refractivity contribution in [2.45, 2.75) is 32.6 Å². The van der Waals surface area contributed by atoms with Crippen LogP contribution in [0.25, 0.3) is 0 Å². The maximum Gasteiger partial charge on any atom is 0.217 e. The molecular formula is C9H18N2O2. The molecule has 0 unspecified atom stereocenters. The summed E-state index contributed by atoms with van der Waals surface area (Å²) in [4.78, 5) is 20.3. The third-order valence-electron chi connectivity index (χ3n) is 1.10. The monoisotopic (exact) mass is 186 g/mol. The zero-order valence-corrected chi connectivity index (χ0v) is 8.08. The van der Waals surface area contributed by atoms with E-state index < -0.39 is 0 Å². The van der Waals surface area contributed by atoms with Gasteiger partial charge in [-0.05, 0) is 19.8 Å². The fourth-order valence-electron chi connectivity index (χ4n) is 0.598. The summed E-state index contributed by atoms with van der Waals surface area (Å²) in [6, 6.07) is 0. The molecule has 0 atom stereocenters. The number of carbonyl (C=O) groups excluding carboxylic acids is 2. The summed E-state index contributed by atoms with van der Waals surface area (Å²) in [6.07, 6.45) is 3.73. The minimum absolute atomic E-state index is 0.329. The average molecular weight is 186 g/mol. The van der Waals surface area contributed by atoms with Gasteiger partial charge in [0.15, 0.2) is 0 Å². The summed E-state index contributed by atoms with van der Waals surface area (Å²) in [5.74, 6) is -0.658. The second-order valence-corrected chi connectivity index (χ2v) is 2.55. The highest BCUT2D eigenvalue weighted by atomic mass is 16.1. The topological polar surface area (TPSA) is 86.2 Å². The Morgan fingerprint density at radius 2 is 1.38 bits per heavy atom. The zero-order valence-electron chi connectivity index (χ0n) is 8.08. The Balaban J connectivity index is 0. The van der Waals surface area contributed by atoms with E-state index in [1.165, 1.54) is 0 Å². The highest BCUT2D eigenvalue weighted by molar-refractivity contribution is 5.74. The minimum Gasteiger partial charge on any atom is -0.370 e. The summed E-state index contributed by atoms with van der Waals surface area (Å²) >= 11 is 0. The minimum atomic E-state index is -0.329. The summed E-state index contributed by atoms with van der Waals surface area (Å²) in [5.41, 5.74) is 9.71. The number of allylic oxidation sites excluding steroid dienone is 1. The van der Waals surface area contributed by atoms with E-state index in [4.69, 9.17) is 11.5 Å². The lowest BCUT2D eigenvalue weighted by Gasteiger charge is -1.93. The Bertz CT molecular complexity index is 151. The van der Waals surface area contributed by atoms with Crippen molar-refractivity contribution in [2.24, 2.45) is 11.5 Å². The highest BCUT2D eigenvalue weighted by Crippen LogP contribution is 1.97. The molecule has 4 N–H and O–H groups in total. The standard InChI is InChI=1S/C6H12N2O2.C3H6/c7-5(9)3-1-2-4-6(8)10;1-3-2/h1-4H2,(H2,7,9)(H2,8,10);3H,1H2,2H3. The maximum absolute atomic E-state index is 10.2. The molecule has 0 radical (unpaired) electrons. The number of carbonyl (C=O) groups is 2. The first-order valence-electron chi connectivity index (χ1n) is 4.18. The maximum atomic E-state index is 10.2. The van der Waals surface area contributed by atoms with Gasteiger partial charge in [-0.2, -0.15) is 0 Å². The van der Waals surface area contributed by atoms with E-state index in [2.05, 4.69) is 6.58 Å². The molecule has 0 rings (SSSR count). The van der Waals surface area contributed by atoms with Gasteiger partial charge in [-0.25, -0.2) is 0 Å². The molecule has 0 aliphatic rings. The van der Waals surface area contributed by atoms with Crippen LogP contribution in [0.4, 0.5) is 0 Å². The van der Waals surface area contributed by atoms with Gasteiger partial charge in [0.1, 0.15) is 0 Å². The molecule has 0 aliphatic heterocycles. The molecule has 0 aromatic carbocycles. The Kier molecular flexibility index (Phi) is 11.7. The van der Waals surface area contributed by atoms with Crippen LogP contribution in [0.1, 0.15) is 32.6 Å². The number of primary amides is 2. The third-order valence-corrected chi connectivity index (χ3v) is 1.10. The van der Waals surface area contributed by atoms with E-state index in [-0.39, 0.29) is 11.8 Å². The number of unbranched alkanes of at least 4 members (excludes halogenated alkanes) is 1. The second-order valence-electron chi connectivity index (χ2n) is 2.55. The van der Waals surface area contributed by atoms with Crippen molar-refractivity contribution in [3.63, 3.8) is 0 Å². The molecule has 0 saturated carbocycles. The molecule has 4 heteroatoms. The molecule has 0 bridgehead atoms. The smallest absolute Gasteiger partial charge is 0.217 e. The van der Waals surface area contributed by atoms with Gasteiger partial charge in [0.25, 0.3) is 0 Å². The number of nitrogens with two attached hydrogens (primary N) is 2. The number of rotatable bonds is 5. The van der Waals surface area contributed by atoms with Crippen LogP contribution in [0.2, 0.25) is 0 Å². The Morgan fingerprint density at radius 1 is 1.15 bits per heavy atom. The lowest BCUT2D eigenvalue weighted by Crippen LogP contribution is -2.12. The van der Waals surface area contributed by atoms with Crippen LogP contribution in [-0.2, 0) is 9.59 Å².